The zero-order valence-corrected chi connectivity index (χ0v) is 13.5. The highest BCUT2D eigenvalue weighted by Crippen LogP contribution is 2.53. The summed E-state index contributed by atoms with van der Waals surface area (Å²) in [6.07, 6.45) is 4.63. The third-order valence-electron chi connectivity index (χ3n) is 4.20. The molecule has 0 saturated carbocycles. The number of ether oxygens (including phenoxy) is 2. The number of hydrogen-bond donors (Lipinski definition) is 0. The van der Waals surface area contributed by atoms with Crippen molar-refractivity contribution in [2.75, 3.05) is 0 Å². The van der Waals surface area contributed by atoms with Gasteiger partial charge in [-0.3, -0.25) is 14.4 Å². The molecule has 1 saturated heterocycles. The second kappa shape index (κ2) is 5.07. The van der Waals surface area contributed by atoms with Crippen molar-refractivity contribution in [1.29, 1.82) is 0 Å². The molecule has 5 heteroatoms. The van der Waals surface area contributed by atoms with Crippen molar-refractivity contribution in [3.8, 4) is 0 Å². The normalized spacial score (nSPS) is 34.1. The summed E-state index contributed by atoms with van der Waals surface area (Å²) in [5, 5.41) is 0. The molecule has 0 amide bonds. The maximum absolute atomic E-state index is 12.8. The molecule has 0 N–H and O–H groups in total. The van der Waals surface area contributed by atoms with Crippen LogP contribution in [0, 0.1) is 11.3 Å². The van der Waals surface area contributed by atoms with Crippen LogP contribution in [0.15, 0.2) is 24.8 Å². The second-order valence-corrected chi connectivity index (χ2v) is 7.10. The molecule has 2 rings (SSSR count). The Morgan fingerprint density at radius 2 is 2.14 bits per heavy atom. The Morgan fingerprint density at radius 3 is 2.68 bits per heavy atom. The lowest BCUT2D eigenvalue weighted by Gasteiger charge is -2.36. The molecule has 3 atom stereocenters. The van der Waals surface area contributed by atoms with Gasteiger partial charge in [-0.25, -0.2) is 0 Å². The van der Waals surface area contributed by atoms with Crippen molar-refractivity contribution in [2.45, 2.75) is 51.7 Å². The van der Waals surface area contributed by atoms with Crippen LogP contribution in [0.3, 0.4) is 0 Å². The van der Waals surface area contributed by atoms with E-state index in [1.807, 2.05) is 0 Å². The van der Waals surface area contributed by atoms with Crippen molar-refractivity contribution in [3.63, 3.8) is 0 Å². The predicted molar refractivity (Wildman–Crippen MR) is 79.8 cm³/mol. The summed E-state index contributed by atoms with van der Waals surface area (Å²) in [7, 11) is 0. The summed E-state index contributed by atoms with van der Waals surface area (Å²) < 4.78 is 10.9. The molecule has 1 aliphatic heterocycles. The molecule has 2 aliphatic rings. The van der Waals surface area contributed by atoms with Crippen molar-refractivity contribution >= 4 is 17.7 Å². The fourth-order valence-corrected chi connectivity index (χ4v) is 3.18. The number of ketones is 1. The molecule has 120 valence electrons. The van der Waals surface area contributed by atoms with Gasteiger partial charge in [-0.2, -0.15) is 0 Å². The lowest BCUT2D eigenvalue weighted by molar-refractivity contribution is -0.175. The minimum atomic E-state index is -1.51. The first-order chi connectivity index (χ1) is 10.0. The van der Waals surface area contributed by atoms with Gasteiger partial charge in [0, 0.05) is 12.3 Å². The first-order valence-corrected chi connectivity index (χ1v) is 7.35. The molecule has 22 heavy (non-hydrogen) atoms. The van der Waals surface area contributed by atoms with Gasteiger partial charge in [0.05, 0.1) is 0 Å². The molecule has 1 unspecified atom stereocenters. The molecule has 0 aromatic rings. The Labute approximate surface area is 130 Å². The molecule has 5 nitrogen and oxygen atoms in total. The van der Waals surface area contributed by atoms with E-state index in [1.165, 1.54) is 12.2 Å². The van der Waals surface area contributed by atoms with Gasteiger partial charge in [0.15, 0.2) is 11.2 Å². The fraction of sp³-hybridized carbons (Fsp3) is 0.588. The topological polar surface area (TPSA) is 69.7 Å². The van der Waals surface area contributed by atoms with E-state index in [-0.39, 0.29) is 18.6 Å². The van der Waals surface area contributed by atoms with E-state index in [0.29, 0.717) is 0 Å². The highest BCUT2D eigenvalue weighted by atomic mass is 16.6. The van der Waals surface area contributed by atoms with Gasteiger partial charge in [0.25, 0.3) is 0 Å². The van der Waals surface area contributed by atoms with Gasteiger partial charge in [-0.05, 0) is 46.3 Å². The SMILES string of the molecule is C=CCC1(C(=O)OC(C)(C)C)C(=O)O[C@]2(C)C=CC(=O)C[C@H]12. The highest BCUT2D eigenvalue weighted by Gasteiger charge is 2.67. The number of fused-ring (bicyclic) bond motifs is 1. The number of hydrogen-bond acceptors (Lipinski definition) is 5. The summed E-state index contributed by atoms with van der Waals surface area (Å²) in [5.41, 5.74) is -3.21. The lowest BCUT2D eigenvalue weighted by Crippen LogP contribution is -2.49. The summed E-state index contributed by atoms with van der Waals surface area (Å²) in [4.78, 5) is 37.2. The van der Waals surface area contributed by atoms with Gasteiger partial charge in [-0.15, -0.1) is 6.58 Å². The van der Waals surface area contributed by atoms with Crippen LogP contribution in [0.2, 0.25) is 0 Å². The lowest BCUT2D eigenvalue weighted by atomic mass is 9.64. The van der Waals surface area contributed by atoms with Crippen LogP contribution in [0.4, 0.5) is 0 Å². The van der Waals surface area contributed by atoms with Crippen LogP contribution in [-0.4, -0.2) is 28.9 Å². The van der Waals surface area contributed by atoms with Gasteiger partial charge in [-0.1, -0.05) is 6.08 Å². The number of esters is 2. The van der Waals surface area contributed by atoms with E-state index in [2.05, 4.69) is 6.58 Å². The Balaban J connectivity index is 2.51. The van der Waals surface area contributed by atoms with E-state index >= 15 is 0 Å². The minimum Gasteiger partial charge on any atom is -0.459 e. The van der Waals surface area contributed by atoms with E-state index in [1.54, 1.807) is 33.8 Å². The molecule has 1 fully saturated rings. The Kier molecular flexibility index (Phi) is 3.80. The largest absolute Gasteiger partial charge is 0.459 e. The molecule has 0 aromatic carbocycles. The van der Waals surface area contributed by atoms with Crippen molar-refractivity contribution in [1.82, 2.24) is 0 Å². The number of allylic oxidation sites excluding steroid dienone is 2. The summed E-state index contributed by atoms with van der Waals surface area (Å²) in [6, 6.07) is 0. The fourth-order valence-electron chi connectivity index (χ4n) is 3.18. The number of rotatable bonds is 3. The van der Waals surface area contributed by atoms with Crippen LogP contribution in [0.1, 0.15) is 40.5 Å². The monoisotopic (exact) mass is 306 g/mol. The molecule has 0 bridgehead atoms. The Morgan fingerprint density at radius 1 is 1.50 bits per heavy atom. The minimum absolute atomic E-state index is 0.0752. The van der Waals surface area contributed by atoms with E-state index in [0.717, 1.165) is 0 Å². The quantitative estimate of drug-likeness (QED) is 0.455. The van der Waals surface area contributed by atoms with E-state index in [9.17, 15) is 14.4 Å². The molecular weight excluding hydrogens is 284 g/mol. The van der Waals surface area contributed by atoms with Gasteiger partial charge in [0.1, 0.15) is 11.2 Å². The number of carbonyl (C=O) groups excluding carboxylic acids is 3. The summed E-state index contributed by atoms with van der Waals surface area (Å²) in [5.74, 6) is -2.01. The van der Waals surface area contributed by atoms with Gasteiger partial charge < -0.3 is 9.47 Å². The molecule has 0 spiro atoms. The van der Waals surface area contributed by atoms with Gasteiger partial charge >= 0.3 is 11.9 Å². The molecular formula is C17H22O5. The van der Waals surface area contributed by atoms with Crippen LogP contribution in [0.5, 0.6) is 0 Å². The van der Waals surface area contributed by atoms with Crippen LogP contribution >= 0.6 is 0 Å². The Hall–Kier alpha value is -1.91. The first kappa shape index (κ1) is 16.5. The zero-order valence-electron chi connectivity index (χ0n) is 13.5. The average Bonchev–Trinajstić information content (AvgIpc) is 2.58. The second-order valence-electron chi connectivity index (χ2n) is 7.10. The summed E-state index contributed by atoms with van der Waals surface area (Å²) in [6.45, 7) is 10.6. The smallest absolute Gasteiger partial charge is 0.325 e. The maximum atomic E-state index is 12.8. The summed E-state index contributed by atoms with van der Waals surface area (Å²) >= 11 is 0. The maximum Gasteiger partial charge on any atom is 0.325 e. The van der Waals surface area contributed by atoms with Crippen LogP contribution in [-0.2, 0) is 23.9 Å². The Bertz CT molecular complexity index is 568. The van der Waals surface area contributed by atoms with Crippen molar-refractivity contribution in [2.24, 2.45) is 11.3 Å². The first-order valence-electron chi connectivity index (χ1n) is 7.35. The third-order valence-corrected chi connectivity index (χ3v) is 4.20. The zero-order chi connectivity index (χ0) is 16.8. The average molecular weight is 306 g/mol. The van der Waals surface area contributed by atoms with E-state index in [4.69, 9.17) is 9.47 Å². The predicted octanol–water partition coefficient (Wildman–Crippen LogP) is 2.35. The van der Waals surface area contributed by atoms with E-state index < -0.39 is 34.5 Å². The van der Waals surface area contributed by atoms with Crippen molar-refractivity contribution in [3.05, 3.63) is 24.8 Å². The standard InChI is InChI=1S/C17H22O5/c1-6-8-17(13(19)21-15(2,3)4)12-10-11(18)7-9-16(12,5)22-14(17)20/h6-7,9,12H,1,8,10H2,2-5H3/t12-,16+,17?/m0/s1. The molecule has 0 aromatic heterocycles. The molecule has 1 aliphatic carbocycles. The molecule has 0 radical (unpaired) electrons. The molecule has 1 heterocycles. The van der Waals surface area contributed by atoms with Gasteiger partial charge in [0.2, 0.25) is 0 Å². The number of carbonyl (C=O) groups is 3. The van der Waals surface area contributed by atoms with Crippen LogP contribution in [0.25, 0.3) is 0 Å². The van der Waals surface area contributed by atoms with Crippen LogP contribution < -0.4 is 0 Å². The van der Waals surface area contributed by atoms with Crippen molar-refractivity contribution < 1.29 is 23.9 Å². The third kappa shape index (κ3) is 2.49. The highest BCUT2D eigenvalue weighted by molar-refractivity contribution is 6.05.